The fraction of sp³-hybridized carbons (Fsp3) is 0.0714. The quantitative estimate of drug-likeness (QED) is 0.273. The van der Waals surface area contributed by atoms with Crippen LogP contribution in [-0.2, 0) is 0 Å². The summed E-state index contributed by atoms with van der Waals surface area (Å²) in [6.07, 6.45) is 0. The van der Waals surface area contributed by atoms with Gasteiger partial charge in [0.25, 0.3) is 0 Å². The summed E-state index contributed by atoms with van der Waals surface area (Å²) in [5.41, 5.74) is 1.35. The number of rotatable bonds is 9. The van der Waals surface area contributed by atoms with Crippen molar-refractivity contribution in [2.75, 3.05) is 13.2 Å². The monoisotopic (exact) mass is 454 g/mol. The standard InChI is InChI=1S/C28H22O6/c29-25-17-21(11-13-23(25)27(31)19-7-3-1-4-8-19)33-15-16-34-22-12-14-24(26(30)18-22)28(32)20-9-5-2-6-10-20/h1-14,17-18,29-30H,15-16H2. The highest BCUT2D eigenvalue weighted by Crippen LogP contribution is 2.27. The van der Waals surface area contributed by atoms with Crippen molar-refractivity contribution < 1.29 is 29.3 Å². The maximum Gasteiger partial charge on any atom is 0.196 e. The van der Waals surface area contributed by atoms with Crippen molar-refractivity contribution in [3.8, 4) is 23.0 Å². The van der Waals surface area contributed by atoms with Crippen molar-refractivity contribution >= 4 is 11.6 Å². The Morgan fingerprint density at radius 2 is 0.941 bits per heavy atom. The van der Waals surface area contributed by atoms with Gasteiger partial charge in [0.05, 0.1) is 11.1 Å². The van der Waals surface area contributed by atoms with E-state index in [1.54, 1.807) is 60.7 Å². The van der Waals surface area contributed by atoms with E-state index in [0.29, 0.717) is 22.6 Å². The van der Waals surface area contributed by atoms with Crippen LogP contribution in [0.4, 0.5) is 0 Å². The van der Waals surface area contributed by atoms with Crippen LogP contribution in [0.5, 0.6) is 23.0 Å². The second-order valence-corrected chi connectivity index (χ2v) is 7.45. The minimum atomic E-state index is -0.276. The van der Waals surface area contributed by atoms with Gasteiger partial charge in [0, 0.05) is 23.3 Å². The third-order valence-electron chi connectivity index (χ3n) is 5.12. The molecule has 6 nitrogen and oxygen atoms in total. The van der Waals surface area contributed by atoms with E-state index in [2.05, 4.69) is 0 Å². The number of phenolic OH excluding ortho intramolecular Hbond substituents is 2. The summed E-state index contributed by atoms with van der Waals surface area (Å²) in [6.45, 7) is 0.327. The lowest BCUT2D eigenvalue weighted by Gasteiger charge is -2.11. The molecule has 170 valence electrons. The second-order valence-electron chi connectivity index (χ2n) is 7.45. The van der Waals surface area contributed by atoms with Crippen LogP contribution in [0.1, 0.15) is 31.8 Å². The average Bonchev–Trinajstić information content (AvgIpc) is 2.87. The van der Waals surface area contributed by atoms with Gasteiger partial charge in [0.1, 0.15) is 36.2 Å². The fourth-order valence-corrected chi connectivity index (χ4v) is 3.40. The van der Waals surface area contributed by atoms with Gasteiger partial charge >= 0.3 is 0 Å². The van der Waals surface area contributed by atoms with Gasteiger partial charge in [0.15, 0.2) is 11.6 Å². The summed E-state index contributed by atoms with van der Waals surface area (Å²) in [7, 11) is 0. The zero-order chi connectivity index (χ0) is 23.9. The molecule has 4 aromatic rings. The molecule has 4 aromatic carbocycles. The van der Waals surface area contributed by atoms with E-state index in [0.717, 1.165) is 0 Å². The number of hydrogen-bond donors (Lipinski definition) is 2. The normalized spacial score (nSPS) is 10.5. The summed E-state index contributed by atoms with van der Waals surface area (Å²) in [6, 6.07) is 26.4. The molecule has 0 aliphatic rings. The highest BCUT2D eigenvalue weighted by atomic mass is 16.5. The van der Waals surface area contributed by atoms with Gasteiger partial charge < -0.3 is 19.7 Å². The molecule has 0 saturated carbocycles. The molecule has 0 aromatic heterocycles. The molecule has 0 fully saturated rings. The number of carbonyl (C=O) groups excluding carboxylic acids is 2. The summed E-state index contributed by atoms with van der Waals surface area (Å²) < 4.78 is 11.2. The molecule has 0 atom stereocenters. The van der Waals surface area contributed by atoms with Crippen molar-refractivity contribution in [2.45, 2.75) is 0 Å². The van der Waals surface area contributed by atoms with Gasteiger partial charge in [-0.1, -0.05) is 60.7 Å². The minimum Gasteiger partial charge on any atom is -0.507 e. The highest BCUT2D eigenvalue weighted by Gasteiger charge is 2.15. The zero-order valence-corrected chi connectivity index (χ0v) is 18.2. The second kappa shape index (κ2) is 10.4. The molecule has 0 aliphatic heterocycles. The molecule has 34 heavy (non-hydrogen) atoms. The van der Waals surface area contributed by atoms with Gasteiger partial charge in [-0.15, -0.1) is 0 Å². The fourth-order valence-electron chi connectivity index (χ4n) is 3.40. The number of benzene rings is 4. The van der Waals surface area contributed by atoms with Gasteiger partial charge in [-0.25, -0.2) is 0 Å². The van der Waals surface area contributed by atoms with Gasteiger partial charge in [-0.3, -0.25) is 9.59 Å². The van der Waals surface area contributed by atoms with Crippen LogP contribution in [-0.4, -0.2) is 35.0 Å². The molecule has 0 bridgehead atoms. The smallest absolute Gasteiger partial charge is 0.196 e. The van der Waals surface area contributed by atoms with Crippen LogP contribution in [0.15, 0.2) is 97.1 Å². The average molecular weight is 454 g/mol. The van der Waals surface area contributed by atoms with Crippen LogP contribution in [0, 0.1) is 0 Å². The van der Waals surface area contributed by atoms with E-state index in [1.165, 1.54) is 24.3 Å². The summed E-state index contributed by atoms with van der Waals surface area (Å²) in [5.74, 6) is -0.120. The van der Waals surface area contributed by atoms with Crippen LogP contribution >= 0.6 is 0 Å². The Bertz CT molecular complexity index is 1200. The van der Waals surface area contributed by atoms with Crippen molar-refractivity contribution in [3.63, 3.8) is 0 Å². The first-order valence-corrected chi connectivity index (χ1v) is 10.6. The number of phenols is 2. The number of ether oxygens (including phenoxy) is 2. The zero-order valence-electron chi connectivity index (χ0n) is 18.2. The molecule has 0 aliphatic carbocycles. The number of hydrogen-bond acceptors (Lipinski definition) is 6. The van der Waals surface area contributed by atoms with Crippen molar-refractivity contribution in [3.05, 3.63) is 119 Å². The van der Waals surface area contributed by atoms with Crippen molar-refractivity contribution in [2.24, 2.45) is 0 Å². The van der Waals surface area contributed by atoms with E-state index < -0.39 is 0 Å². The first kappa shape index (κ1) is 22.6. The molecule has 0 heterocycles. The lowest BCUT2D eigenvalue weighted by molar-refractivity contribution is 0.102. The van der Waals surface area contributed by atoms with E-state index in [-0.39, 0.29) is 47.4 Å². The SMILES string of the molecule is O=C(c1ccccc1)c1ccc(OCCOc2ccc(C(=O)c3ccccc3)c(O)c2)cc1O. The topological polar surface area (TPSA) is 93.1 Å². The van der Waals surface area contributed by atoms with Gasteiger partial charge in [-0.05, 0) is 24.3 Å². The van der Waals surface area contributed by atoms with Crippen molar-refractivity contribution in [1.29, 1.82) is 0 Å². The Morgan fingerprint density at radius 1 is 0.559 bits per heavy atom. The van der Waals surface area contributed by atoms with E-state index in [9.17, 15) is 19.8 Å². The largest absolute Gasteiger partial charge is 0.507 e. The van der Waals surface area contributed by atoms with E-state index >= 15 is 0 Å². The van der Waals surface area contributed by atoms with Gasteiger partial charge in [0.2, 0.25) is 0 Å². The van der Waals surface area contributed by atoms with Crippen LogP contribution in [0.3, 0.4) is 0 Å². The molecular weight excluding hydrogens is 432 g/mol. The summed E-state index contributed by atoms with van der Waals surface area (Å²) >= 11 is 0. The van der Waals surface area contributed by atoms with Crippen LogP contribution in [0.25, 0.3) is 0 Å². The van der Waals surface area contributed by atoms with Gasteiger partial charge in [-0.2, -0.15) is 0 Å². The predicted molar refractivity (Wildman–Crippen MR) is 127 cm³/mol. The molecular formula is C28H22O6. The Labute approximate surface area is 196 Å². The van der Waals surface area contributed by atoms with Crippen LogP contribution in [0.2, 0.25) is 0 Å². The maximum atomic E-state index is 12.5. The molecule has 4 rings (SSSR count). The number of ketones is 2. The Morgan fingerprint density at radius 3 is 1.29 bits per heavy atom. The van der Waals surface area contributed by atoms with Crippen molar-refractivity contribution in [1.82, 2.24) is 0 Å². The van der Waals surface area contributed by atoms with E-state index in [4.69, 9.17) is 9.47 Å². The maximum absolute atomic E-state index is 12.5. The molecule has 2 N–H and O–H groups in total. The molecule has 0 radical (unpaired) electrons. The predicted octanol–water partition coefficient (Wildman–Crippen LogP) is 5.02. The Hall–Kier alpha value is -4.58. The third kappa shape index (κ3) is 5.24. The molecule has 0 spiro atoms. The van der Waals surface area contributed by atoms with E-state index in [1.807, 2.05) is 12.1 Å². The summed E-state index contributed by atoms with van der Waals surface area (Å²) in [4.78, 5) is 25.0. The lowest BCUT2D eigenvalue weighted by Crippen LogP contribution is -2.09. The number of aromatic hydroxyl groups is 2. The molecule has 0 saturated heterocycles. The third-order valence-corrected chi connectivity index (χ3v) is 5.12. The lowest BCUT2D eigenvalue weighted by atomic mass is 10.0. The molecule has 0 unspecified atom stereocenters. The summed E-state index contributed by atoms with van der Waals surface area (Å²) in [5, 5.41) is 20.5. The number of carbonyl (C=O) groups is 2. The Kier molecular flexibility index (Phi) is 6.89. The minimum absolute atomic E-state index is 0.164. The Balaban J connectivity index is 1.31. The first-order chi connectivity index (χ1) is 16.5. The highest BCUT2D eigenvalue weighted by molar-refractivity contribution is 6.11. The molecule has 0 amide bonds. The molecule has 6 heteroatoms. The first-order valence-electron chi connectivity index (χ1n) is 10.6. The van der Waals surface area contributed by atoms with Crippen LogP contribution < -0.4 is 9.47 Å².